The second-order valence-corrected chi connectivity index (χ2v) is 5.05. The van der Waals surface area contributed by atoms with Crippen LogP contribution in [0.15, 0.2) is 0 Å². The minimum Gasteiger partial charge on any atom is -0.301 e. The van der Waals surface area contributed by atoms with E-state index < -0.39 is 0 Å². The lowest BCUT2D eigenvalue weighted by atomic mass is 10.0. The van der Waals surface area contributed by atoms with E-state index in [-0.39, 0.29) is 6.04 Å². The van der Waals surface area contributed by atoms with Gasteiger partial charge in [0.1, 0.15) is 6.04 Å². The molecule has 0 heterocycles. The Balaban J connectivity index is 3.99. The average Bonchev–Trinajstić information content (AvgIpc) is 2.22. The summed E-state index contributed by atoms with van der Waals surface area (Å²) in [6, 6.07) is 2.82. The van der Waals surface area contributed by atoms with Gasteiger partial charge < -0.3 is 10.2 Å². The van der Waals surface area contributed by atoms with Crippen molar-refractivity contribution in [2.75, 3.05) is 20.1 Å². The van der Waals surface area contributed by atoms with Crippen molar-refractivity contribution in [3.8, 4) is 6.07 Å². The lowest BCUT2D eigenvalue weighted by Gasteiger charge is -2.28. The first kappa shape index (κ1) is 15.4. The summed E-state index contributed by atoms with van der Waals surface area (Å²) in [6.45, 7) is 10.6. The number of hydrogen-bond acceptors (Lipinski definition) is 3. The third-order valence-corrected chi connectivity index (χ3v) is 2.83. The summed E-state index contributed by atoms with van der Waals surface area (Å²) in [7, 11) is 2.10. The summed E-state index contributed by atoms with van der Waals surface area (Å²) in [5.41, 5.74) is 0. The fraction of sp³-hybridized carbons (Fsp3) is 0.923. The monoisotopic (exact) mass is 225 g/mol. The summed E-state index contributed by atoms with van der Waals surface area (Å²) in [5.74, 6) is 0.710. The van der Waals surface area contributed by atoms with E-state index in [1.54, 1.807) is 0 Å². The molecule has 2 atom stereocenters. The number of likely N-dealkylation sites (N-methyl/N-ethyl adjacent to an activating group) is 1. The summed E-state index contributed by atoms with van der Waals surface area (Å²) in [5, 5.41) is 12.3. The zero-order valence-electron chi connectivity index (χ0n) is 11.5. The normalized spacial score (nSPS) is 15.1. The van der Waals surface area contributed by atoms with Gasteiger partial charge in [0.25, 0.3) is 0 Å². The molecule has 0 fully saturated rings. The molecule has 0 bridgehead atoms. The topological polar surface area (TPSA) is 39.1 Å². The predicted octanol–water partition coefficient (Wildman–Crippen LogP) is 2.24. The maximum absolute atomic E-state index is 9.03. The van der Waals surface area contributed by atoms with Gasteiger partial charge in [-0.3, -0.25) is 0 Å². The van der Waals surface area contributed by atoms with Crippen LogP contribution in [0, 0.1) is 17.2 Å². The SMILES string of the molecule is CCCNC(C#N)CN(C)C(C)CC(C)C. The van der Waals surface area contributed by atoms with Crippen molar-refractivity contribution in [3.63, 3.8) is 0 Å². The van der Waals surface area contributed by atoms with Crippen LogP contribution >= 0.6 is 0 Å². The lowest BCUT2D eigenvalue weighted by molar-refractivity contribution is 0.217. The van der Waals surface area contributed by atoms with Gasteiger partial charge in [-0.25, -0.2) is 0 Å². The Morgan fingerprint density at radius 3 is 2.38 bits per heavy atom. The van der Waals surface area contributed by atoms with Gasteiger partial charge >= 0.3 is 0 Å². The Hall–Kier alpha value is -0.590. The number of nitrogens with one attached hydrogen (secondary N) is 1. The standard InChI is InChI=1S/C13H27N3/c1-6-7-15-13(9-14)10-16(5)12(4)8-11(2)3/h11-13,15H,6-8,10H2,1-5H3. The van der Waals surface area contributed by atoms with E-state index in [0.717, 1.165) is 19.5 Å². The molecule has 0 saturated heterocycles. The number of hydrogen-bond donors (Lipinski definition) is 1. The van der Waals surface area contributed by atoms with E-state index in [4.69, 9.17) is 5.26 Å². The quantitative estimate of drug-likeness (QED) is 0.688. The Labute approximate surface area is 101 Å². The highest BCUT2D eigenvalue weighted by molar-refractivity contribution is 4.92. The van der Waals surface area contributed by atoms with Gasteiger partial charge in [0.05, 0.1) is 6.07 Å². The first-order chi connectivity index (χ1) is 7.51. The summed E-state index contributed by atoms with van der Waals surface area (Å²) in [4.78, 5) is 2.27. The minimum absolute atomic E-state index is 0.0421. The van der Waals surface area contributed by atoms with Crippen LogP contribution in [0.25, 0.3) is 0 Å². The fourth-order valence-corrected chi connectivity index (χ4v) is 1.80. The molecule has 0 saturated carbocycles. The molecule has 0 radical (unpaired) electrons. The molecular weight excluding hydrogens is 198 g/mol. The predicted molar refractivity (Wildman–Crippen MR) is 69.2 cm³/mol. The molecule has 0 aromatic rings. The molecule has 16 heavy (non-hydrogen) atoms. The fourth-order valence-electron chi connectivity index (χ4n) is 1.80. The van der Waals surface area contributed by atoms with Crippen molar-refractivity contribution >= 4 is 0 Å². The Morgan fingerprint density at radius 1 is 1.31 bits per heavy atom. The first-order valence-corrected chi connectivity index (χ1v) is 6.34. The van der Waals surface area contributed by atoms with Gasteiger partial charge in [-0.1, -0.05) is 20.8 Å². The van der Waals surface area contributed by atoms with E-state index in [1.807, 2.05) is 0 Å². The van der Waals surface area contributed by atoms with E-state index in [1.165, 1.54) is 6.42 Å². The highest BCUT2D eigenvalue weighted by atomic mass is 15.1. The van der Waals surface area contributed by atoms with Gasteiger partial charge in [0, 0.05) is 12.6 Å². The van der Waals surface area contributed by atoms with Crippen molar-refractivity contribution in [1.29, 1.82) is 5.26 Å². The molecule has 94 valence electrons. The molecule has 0 aliphatic rings. The van der Waals surface area contributed by atoms with E-state index >= 15 is 0 Å². The molecule has 0 amide bonds. The van der Waals surface area contributed by atoms with Crippen LogP contribution in [0.4, 0.5) is 0 Å². The lowest BCUT2D eigenvalue weighted by Crippen LogP contribution is -2.42. The van der Waals surface area contributed by atoms with Crippen molar-refractivity contribution in [2.45, 2.75) is 52.6 Å². The Kier molecular flexibility index (Phi) is 8.23. The van der Waals surface area contributed by atoms with Gasteiger partial charge in [-0.05, 0) is 39.3 Å². The van der Waals surface area contributed by atoms with Crippen molar-refractivity contribution in [1.82, 2.24) is 10.2 Å². The molecule has 3 nitrogen and oxygen atoms in total. The van der Waals surface area contributed by atoms with Crippen LogP contribution in [0.2, 0.25) is 0 Å². The number of rotatable bonds is 8. The summed E-state index contributed by atoms with van der Waals surface area (Å²) in [6.07, 6.45) is 2.26. The molecule has 0 spiro atoms. The van der Waals surface area contributed by atoms with Crippen LogP contribution in [0.1, 0.15) is 40.5 Å². The largest absolute Gasteiger partial charge is 0.301 e. The highest BCUT2D eigenvalue weighted by Crippen LogP contribution is 2.09. The maximum atomic E-state index is 9.03. The van der Waals surface area contributed by atoms with Crippen molar-refractivity contribution in [2.24, 2.45) is 5.92 Å². The van der Waals surface area contributed by atoms with Gasteiger partial charge in [0.15, 0.2) is 0 Å². The molecule has 2 unspecified atom stereocenters. The Bertz CT molecular complexity index is 208. The molecule has 0 aliphatic heterocycles. The Morgan fingerprint density at radius 2 is 1.94 bits per heavy atom. The van der Waals surface area contributed by atoms with Crippen LogP contribution in [-0.4, -0.2) is 37.1 Å². The van der Waals surface area contributed by atoms with Gasteiger partial charge in [-0.15, -0.1) is 0 Å². The third kappa shape index (κ3) is 6.81. The van der Waals surface area contributed by atoms with Crippen LogP contribution in [-0.2, 0) is 0 Å². The minimum atomic E-state index is -0.0421. The molecule has 0 aromatic heterocycles. The number of nitrogens with zero attached hydrogens (tertiary/aromatic N) is 2. The van der Waals surface area contributed by atoms with Crippen LogP contribution < -0.4 is 5.32 Å². The first-order valence-electron chi connectivity index (χ1n) is 6.34. The average molecular weight is 225 g/mol. The van der Waals surface area contributed by atoms with E-state index in [2.05, 4.69) is 51.0 Å². The molecule has 3 heteroatoms. The van der Waals surface area contributed by atoms with Crippen LogP contribution in [0.5, 0.6) is 0 Å². The smallest absolute Gasteiger partial charge is 0.108 e. The van der Waals surface area contributed by atoms with Crippen LogP contribution in [0.3, 0.4) is 0 Å². The zero-order chi connectivity index (χ0) is 12.6. The van der Waals surface area contributed by atoms with Gasteiger partial charge in [0.2, 0.25) is 0 Å². The van der Waals surface area contributed by atoms with Crippen molar-refractivity contribution < 1.29 is 0 Å². The summed E-state index contributed by atoms with van der Waals surface area (Å²) >= 11 is 0. The van der Waals surface area contributed by atoms with Crippen molar-refractivity contribution in [3.05, 3.63) is 0 Å². The molecule has 0 aromatic carbocycles. The molecule has 0 rings (SSSR count). The zero-order valence-corrected chi connectivity index (χ0v) is 11.5. The molecule has 0 aliphatic carbocycles. The van der Waals surface area contributed by atoms with E-state index in [9.17, 15) is 0 Å². The maximum Gasteiger partial charge on any atom is 0.108 e. The third-order valence-electron chi connectivity index (χ3n) is 2.83. The second kappa shape index (κ2) is 8.55. The second-order valence-electron chi connectivity index (χ2n) is 5.05. The number of nitriles is 1. The van der Waals surface area contributed by atoms with Gasteiger partial charge in [-0.2, -0.15) is 5.26 Å². The highest BCUT2D eigenvalue weighted by Gasteiger charge is 2.15. The van der Waals surface area contributed by atoms with E-state index in [0.29, 0.717) is 12.0 Å². The molecule has 1 N–H and O–H groups in total. The summed E-state index contributed by atoms with van der Waals surface area (Å²) < 4.78 is 0. The molecular formula is C13H27N3.